The van der Waals surface area contributed by atoms with Crippen LogP contribution in [0.15, 0.2) is 24.3 Å². The van der Waals surface area contributed by atoms with Gasteiger partial charge >= 0.3 is 0 Å². The largest absolute Gasteiger partial charge is 0.545 e. The summed E-state index contributed by atoms with van der Waals surface area (Å²) in [7, 11) is 0. The summed E-state index contributed by atoms with van der Waals surface area (Å²) in [6, 6.07) is 6.37. The molecule has 1 aromatic rings. The van der Waals surface area contributed by atoms with Gasteiger partial charge in [-0.15, -0.1) is 0 Å². The highest BCUT2D eigenvalue weighted by Gasteiger charge is 2.01. The summed E-state index contributed by atoms with van der Waals surface area (Å²) in [5, 5.41) is 10.6. The third-order valence-corrected chi connectivity index (χ3v) is 1.64. The topological polar surface area (TPSA) is 49.4 Å². The summed E-state index contributed by atoms with van der Waals surface area (Å²) in [6.07, 6.45) is 0. The van der Waals surface area contributed by atoms with Crippen LogP contribution >= 0.6 is 12.6 Å². The van der Waals surface area contributed by atoms with Crippen LogP contribution < -0.4 is 9.84 Å². The Bertz CT molecular complexity index is 299. The Morgan fingerprint density at radius 2 is 2.15 bits per heavy atom. The highest BCUT2D eigenvalue weighted by atomic mass is 32.1. The van der Waals surface area contributed by atoms with E-state index in [1.54, 1.807) is 18.2 Å². The molecule has 0 aliphatic rings. The fourth-order valence-corrected chi connectivity index (χ4v) is 1.01. The first-order valence-electron chi connectivity index (χ1n) is 3.79. The van der Waals surface area contributed by atoms with Crippen molar-refractivity contribution in [3.8, 4) is 5.75 Å². The molecule has 0 bridgehead atoms. The molecule has 0 amide bonds. The maximum atomic E-state index is 10.6. The maximum Gasteiger partial charge on any atom is 0.128 e. The second kappa shape index (κ2) is 4.77. The molecule has 13 heavy (non-hydrogen) atoms. The van der Waals surface area contributed by atoms with Crippen molar-refractivity contribution in [1.82, 2.24) is 0 Å². The lowest BCUT2D eigenvalue weighted by Crippen LogP contribution is -2.23. The van der Waals surface area contributed by atoms with E-state index in [1.165, 1.54) is 6.07 Å². The van der Waals surface area contributed by atoms with Crippen molar-refractivity contribution in [3.05, 3.63) is 29.8 Å². The zero-order chi connectivity index (χ0) is 9.68. The minimum atomic E-state index is -1.23. The number of carboxylic acid groups (broad SMARTS) is 1. The monoisotopic (exact) mass is 197 g/mol. The number of aromatic carboxylic acids is 1. The predicted molar refractivity (Wildman–Crippen MR) is 50.1 cm³/mol. The van der Waals surface area contributed by atoms with Crippen molar-refractivity contribution >= 4 is 18.6 Å². The molecule has 4 heteroatoms. The van der Waals surface area contributed by atoms with Crippen molar-refractivity contribution in [2.24, 2.45) is 0 Å². The lowest BCUT2D eigenvalue weighted by Gasteiger charge is -2.10. The zero-order valence-corrected chi connectivity index (χ0v) is 7.79. The van der Waals surface area contributed by atoms with Gasteiger partial charge in [0.15, 0.2) is 0 Å². The van der Waals surface area contributed by atoms with Gasteiger partial charge in [-0.3, -0.25) is 0 Å². The Hall–Kier alpha value is -1.16. The van der Waals surface area contributed by atoms with Gasteiger partial charge in [0.05, 0.1) is 12.6 Å². The van der Waals surface area contributed by atoms with Crippen LogP contribution in [0.25, 0.3) is 0 Å². The highest BCUT2D eigenvalue weighted by molar-refractivity contribution is 7.80. The van der Waals surface area contributed by atoms with E-state index >= 15 is 0 Å². The van der Waals surface area contributed by atoms with Gasteiger partial charge in [0.25, 0.3) is 0 Å². The number of carbonyl (C=O) groups excluding carboxylic acids is 1. The van der Waals surface area contributed by atoms with E-state index in [4.69, 9.17) is 4.74 Å². The smallest absolute Gasteiger partial charge is 0.128 e. The predicted octanol–water partition coefficient (Wildman–Crippen LogP) is 0.359. The van der Waals surface area contributed by atoms with Gasteiger partial charge in [0.1, 0.15) is 5.75 Å². The average Bonchev–Trinajstić information content (AvgIpc) is 2.15. The molecule has 0 aliphatic carbocycles. The fraction of sp³-hybridized carbons (Fsp3) is 0.222. The van der Waals surface area contributed by atoms with Crippen molar-refractivity contribution < 1.29 is 14.6 Å². The second-order valence-electron chi connectivity index (χ2n) is 2.36. The van der Waals surface area contributed by atoms with E-state index in [9.17, 15) is 9.90 Å². The molecule has 0 atom stereocenters. The normalized spacial score (nSPS) is 9.62. The Kier molecular flexibility index (Phi) is 3.64. The number of hydrogen-bond acceptors (Lipinski definition) is 4. The van der Waals surface area contributed by atoms with Crippen LogP contribution in [0.5, 0.6) is 5.75 Å². The first kappa shape index (κ1) is 9.92. The maximum absolute atomic E-state index is 10.6. The third-order valence-electron chi connectivity index (χ3n) is 1.46. The minimum absolute atomic E-state index is 0.0734. The van der Waals surface area contributed by atoms with E-state index < -0.39 is 5.97 Å². The molecule has 0 radical (unpaired) electrons. The van der Waals surface area contributed by atoms with Crippen LogP contribution in [0.1, 0.15) is 10.4 Å². The lowest BCUT2D eigenvalue weighted by atomic mass is 10.2. The van der Waals surface area contributed by atoms with Crippen LogP contribution in [0.4, 0.5) is 0 Å². The Balaban J connectivity index is 2.84. The van der Waals surface area contributed by atoms with Crippen molar-refractivity contribution in [1.29, 1.82) is 0 Å². The van der Waals surface area contributed by atoms with E-state index in [2.05, 4.69) is 12.6 Å². The van der Waals surface area contributed by atoms with Crippen LogP contribution in [0, 0.1) is 0 Å². The molecule has 1 rings (SSSR count). The molecule has 0 aromatic heterocycles. The van der Waals surface area contributed by atoms with Gasteiger partial charge in [-0.1, -0.05) is 12.1 Å². The summed E-state index contributed by atoms with van der Waals surface area (Å²) >= 11 is 3.95. The Morgan fingerprint density at radius 3 is 2.77 bits per heavy atom. The second-order valence-corrected chi connectivity index (χ2v) is 2.80. The molecule has 0 fully saturated rings. The number of carbonyl (C=O) groups is 1. The number of benzene rings is 1. The first-order valence-corrected chi connectivity index (χ1v) is 4.43. The number of carboxylic acids is 1. The number of rotatable bonds is 4. The van der Waals surface area contributed by atoms with E-state index in [-0.39, 0.29) is 5.56 Å². The Morgan fingerprint density at radius 1 is 1.46 bits per heavy atom. The van der Waals surface area contributed by atoms with Gasteiger partial charge in [0, 0.05) is 11.3 Å². The Labute approximate surface area is 81.8 Å². The molecule has 0 aliphatic heterocycles. The molecular formula is C9H9O3S-. The van der Waals surface area contributed by atoms with Gasteiger partial charge < -0.3 is 14.6 Å². The zero-order valence-electron chi connectivity index (χ0n) is 6.90. The van der Waals surface area contributed by atoms with Gasteiger partial charge in [-0.2, -0.15) is 12.6 Å². The van der Waals surface area contributed by atoms with Gasteiger partial charge in [-0.05, 0) is 12.1 Å². The van der Waals surface area contributed by atoms with Crippen LogP contribution in [-0.4, -0.2) is 18.3 Å². The van der Waals surface area contributed by atoms with Crippen LogP contribution in [0.3, 0.4) is 0 Å². The number of ether oxygens (including phenoxy) is 1. The molecule has 0 spiro atoms. The molecule has 70 valence electrons. The van der Waals surface area contributed by atoms with Crippen molar-refractivity contribution in [2.75, 3.05) is 12.4 Å². The standard InChI is InChI=1S/C9H10O3S/c10-9(11)7-3-1-2-4-8(7)12-5-6-13/h1-4,13H,5-6H2,(H,10,11)/p-1. The van der Waals surface area contributed by atoms with Gasteiger partial charge in [-0.25, -0.2) is 0 Å². The van der Waals surface area contributed by atoms with E-state index in [0.717, 1.165) is 0 Å². The molecule has 0 heterocycles. The summed E-state index contributed by atoms with van der Waals surface area (Å²) < 4.78 is 5.15. The fourth-order valence-electron chi connectivity index (χ4n) is 0.917. The molecule has 3 nitrogen and oxygen atoms in total. The highest BCUT2D eigenvalue weighted by Crippen LogP contribution is 2.16. The number of thiol groups is 1. The number of para-hydroxylation sites is 1. The third kappa shape index (κ3) is 2.66. The SMILES string of the molecule is O=C([O-])c1ccccc1OCCS. The van der Waals surface area contributed by atoms with E-state index in [1.807, 2.05) is 0 Å². The molecule has 0 saturated carbocycles. The summed E-state index contributed by atoms with van der Waals surface area (Å²) in [5.74, 6) is -0.354. The molecular weight excluding hydrogens is 188 g/mol. The summed E-state index contributed by atoms with van der Waals surface area (Å²) in [6.45, 7) is 0.382. The quantitative estimate of drug-likeness (QED) is 0.709. The van der Waals surface area contributed by atoms with E-state index in [0.29, 0.717) is 18.1 Å². The summed E-state index contributed by atoms with van der Waals surface area (Å²) in [5.41, 5.74) is 0.0734. The molecule has 1 aromatic carbocycles. The molecule has 0 saturated heterocycles. The average molecular weight is 197 g/mol. The minimum Gasteiger partial charge on any atom is -0.545 e. The lowest BCUT2D eigenvalue weighted by molar-refractivity contribution is -0.255. The number of hydrogen-bond donors (Lipinski definition) is 1. The van der Waals surface area contributed by atoms with Crippen molar-refractivity contribution in [2.45, 2.75) is 0 Å². The molecule has 0 unspecified atom stereocenters. The van der Waals surface area contributed by atoms with Crippen LogP contribution in [0.2, 0.25) is 0 Å². The van der Waals surface area contributed by atoms with Crippen molar-refractivity contribution in [3.63, 3.8) is 0 Å². The molecule has 0 N–H and O–H groups in total. The van der Waals surface area contributed by atoms with Gasteiger partial charge in [0.2, 0.25) is 0 Å². The van der Waals surface area contributed by atoms with Crippen LogP contribution in [-0.2, 0) is 0 Å². The summed E-state index contributed by atoms with van der Waals surface area (Å²) in [4.78, 5) is 10.6. The first-order chi connectivity index (χ1) is 6.25.